The maximum Gasteiger partial charge on any atom is 0.253 e. The molecule has 0 aliphatic carbocycles. The van der Waals surface area contributed by atoms with E-state index in [-0.39, 0.29) is 5.91 Å². The molecule has 0 atom stereocenters. The van der Waals surface area contributed by atoms with Crippen LogP contribution < -0.4 is 5.32 Å². The van der Waals surface area contributed by atoms with Gasteiger partial charge in [-0.1, -0.05) is 24.3 Å². The first-order valence-corrected chi connectivity index (χ1v) is 11.9. The third-order valence-electron chi connectivity index (χ3n) is 5.87. The number of aromatic nitrogens is 2. The van der Waals surface area contributed by atoms with Crippen molar-refractivity contribution < 1.29 is 4.79 Å². The number of thiazole rings is 1. The average Bonchev–Trinajstić information content (AvgIpc) is 3.33. The molecule has 0 radical (unpaired) electrons. The van der Waals surface area contributed by atoms with Crippen LogP contribution in [0.1, 0.15) is 24.2 Å². The topological polar surface area (TPSA) is 58.1 Å². The van der Waals surface area contributed by atoms with Crippen LogP contribution in [0.15, 0.2) is 78.4 Å². The summed E-state index contributed by atoms with van der Waals surface area (Å²) in [5, 5.41) is 4.56. The van der Waals surface area contributed by atoms with E-state index in [9.17, 15) is 4.79 Å². The molecule has 0 saturated heterocycles. The molecule has 5 rings (SSSR count). The van der Waals surface area contributed by atoms with Crippen molar-refractivity contribution in [3.63, 3.8) is 0 Å². The van der Waals surface area contributed by atoms with Crippen molar-refractivity contribution in [2.75, 3.05) is 18.4 Å². The molecule has 2 heterocycles. The molecule has 1 amide bonds. The minimum absolute atomic E-state index is 0.0679. The number of fused-ring (bicyclic) bond motifs is 2. The molecule has 33 heavy (non-hydrogen) atoms. The Morgan fingerprint density at radius 2 is 1.67 bits per heavy atom. The second-order valence-electron chi connectivity index (χ2n) is 7.81. The summed E-state index contributed by atoms with van der Waals surface area (Å²) in [5.74, 6) is 0.0679. The van der Waals surface area contributed by atoms with Gasteiger partial charge in [0.05, 0.1) is 21.2 Å². The number of hydrogen-bond donors (Lipinski definition) is 1. The summed E-state index contributed by atoms with van der Waals surface area (Å²) in [7, 11) is 0. The molecule has 0 fully saturated rings. The average molecular weight is 453 g/mol. The Kier molecular flexibility index (Phi) is 5.75. The second kappa shape index (κ2) is 9.00. The number of anilines is 2. The molecule has 1 N–H and O–H groups in total. The Morgan fingerprint density at radius 3 is 2.45 bits per heavy atom. The third kappa shape index (κ3) is 4.17. The van der Waals surface area contributed by atoms with Gasteiger partial charge in [0.2, 0.25) is 0 Å². The monoisotopic (exact) mass is 452 g/mol. The summed E-state index contributed by atoms with van der Waals surface area (Å²) >= 11 is 1.64. The quantitative estimate of drug-likeness (QED) is 0.310. The minimum Gasteiger partial charge on any atom is -0.355 e. The Labute approximate surface area is 196 Å². The van der Waals surface area contributed by atoms with E-state index in [1.54, 1.807) is 11.3 Å². The molecule has 0 bridgehead atoms. The van der Waals surface area contributed by atoms with E-state index < -0.39 is 0 Å². The summed E-state index contributed by atoms with van der Waals surface area (Å²) in [6, 6.07) is 22.3. The molecule has 3 aromatic carbocycles. The standard InChI is InChI=1S/C27H24N4OS/c1-3-31(4-2)27(32)19-7-5-18(6-8-19)20-9-11-22-23(13-14-28-24(22)15-20)30-21-10-12-26-25(16-21)29-17-33-26/h5-17H,3-4H2,1-2H3,(H,28,30). The van der Waals surface area contributed by atoms with E-state index in [0.29, 0.717) is 18.7 Å². The number of benzene rings is 3. The molecule has 0 aliphatic rings. The fraction of sp³-hybridized carbons (Fsp3) is 0.148. The molecule has 0 unspecified atom stereocenters. The van der Waals surface area contributed by atoms with Gasteiger partial charge >= 0.3 is 0 Å². The first-order chi connectivity index (χ1) is 16.2. The van der Waals surface area contributed by atoms with E-state index in [1.807, 2.05) is 60.8 Å². The second-order valence-corrected chi connectivity index (χ2v) is 8.69. The Hall–Kier alpha value is -3.77. The van der Waals surface area contributed by atoms with Crippen LogP contribution >= 0.6 is 11.3 Å². The molecule has 0 saturated carbocycles. The number of nitrogens with zero attached hydrogens (tertiary/aromatic N) is 3. The highest BCUT2D eigenvalue weighted by molar-refractivity contribution is 7.16. The molecule has 0 aliphatic heterocycles. The zero-order valence-electron chi connectivity index (χ0n) is 18.6. The van der Waals surface area contributed by atoms with E-state index in [4.69, 9.17) is 0 Å². The number of pyridine rings is 1. The zero-order valence-corrected chi connectivity index (χ0v) is 19.4. The number of carbonyl (C=O) groups is 1. The molecule has 6 heteroatoms. The summed E-state index contributed by atoms with van der Waals surface area (Å²) in [6.45, 7) is 5.42. The van der Waals surface area contributed by atoms with Crippen LogP contribution in [0.5, 0.6) is 0 Å². The summed E-state index contributed by atoms with van der Waals surface area (Å²) in [4.78, 5) is 23.4. The van der Waals surface area contributed by atoms with Crippen LogP contribution in [-0.2, 0) is 0 Å². The van der Waals surface area contributed by atoms with Crippen LogP contribution in [0, 0.1) is 0 Å². The zero-order chi connectivity index (χ0) is 22.8. The SMILES string of the molecule is CCN(CC)C(=O)c1ccc(-c2ccc3c(Nc4ccc5scnc5c4)ccnc3c2)cc1. The van der Waals surface area contributed by atoms with Gasteiger partial charge in [-0.2, -0.15) is 0 Å². The van der Waals surface area contributed by atoms with Gasteiger partial charge in [-0.15, -0.1) is 11.3 Å². The summed E-state index contributed by atoms with van der Waals surface area (Å²) in [6.07, 6.45) is 1.82. The van der Waals surface area contributed by atoms with Gasteiger partial charge in [-0.3, -0.25) is 9.78 Å². The van der Waals surface area contributed by atoms with Gasteiger partial charge in [0.1, 0.15) is 0 Å². The van der Waals surface area contributed by atoms with Gasteiger partial charge < -0.3 is 10.2 Å². The smallest absolute Gasteiger partial charge is 0.253 e. The maximum atomic E-state index is 12.6. The van der Waals surface area contributed by atoms with Crippen molar-refractivity contribution in [3.05, 3.63) is 84.0 Å². The van der Waals surface area contributed by atoms with Crippen molar-refractivity contribution in [1.82, 2.24) is 14.9 Å². The lowest BCUT2D eigenvalue weighted by molar-refractivity contribution is 0.0773. The van der Waals surface area contributed by atoms with Crippen LogP contribution in [0.25, 0.3) is 32.2 Å². The fourth-order valence-electron chi connectivity index (χ4n) is 4.03. The minimum atomic E-state index is 0.0679. The van der Waals surface area contributed by atoms with Crippen molar-refractivity contribution in [2.24, 2.45) is 0 Å². The fourth-order valence-corrected chi connectivity index (χ4v) is 4.69. The number of rotatable bonds is 6. The van der Waals surface area contributed by atoms with E-state index in [0.717, 1.165) is 38.9 Å². The normalized spacial score (nSPS) is 11.1. The Bertz CT molecular complexity index is 1440. The highest BCUT2D eigenvalue weighted by Gasteiger charge is 2.12. The highest BCUT2D eigenvalue weighted by Crippen LogP contribution is 2.30. The first kappa shape index (κ1) is 21.1. The van der Waals surface area contributed by atoms with Gasteiger partial charge in [0.15, 0.2) is 0 Å². The lowest BCUT2D eigenvalue weighted by atomic mass is 10.0. The summed E-state index contributed by atoms with van der Waals surface area (Å²) < 4.78 is 1.18. The number of carbonyl (C=O) groups excluding carboxylic acids is 1. The van der Waals surface area contributed by atoms with Crippen LogP contribution in [0.2, 0.25) is 0 Å². The molecular formula is C27H24N4OS. The summed E-state index contributed by atoms with van der Waals surface area (Å²) in [5.41, 5.74) is 8.61. The number of nitrogens with one attached hydrogen (secondary N) is 1. The van der Waals surface area contributed by atoms with Gasteiger partial charge in [0.25, 0.3) is 5.91 Å². The third-order valence-corrected chi connectivity index (χ3v) is 6.68. The molecule has 5 aromatic rings. The number of hydrogen-bond acceptors (Lipinski definition) is 5. The van der Waals surface area contributed by atoms with E-state index >= 15 is 0 Å². The van der Waals surface area contributed by atoms with Crippen LogP contribution in [-0.4, -0.2) is 33.9 Å². The van der Waals surface area contributed by atoms with Crippen molar-refractivity contribution in [3.8, 4) is 11.1 Å². The van der Waals surface area contributed by atoms with E-state index in [1.165, 1.54) is 4.70 Å². The van der Waals surface area contributed by atoms with Crippen molar-refractivity contribution >= 4 is 49.7 Å². The van der Waals surface area contributed by atoms with Crippen molar-refractivity contribution in [1.29, 1.82) is 0 Å². The predicted octanol–water partition coefficient (Wildman–Crippen LogP) is 6.74. The van der Waals surface area contributed by atoms with Crippen molar-refractivity contribution in [2.45, 2.75) is 13.8 Å². The molecular weight excluding hydrogens is 428 g/mol. The largest absolute Gasteiger partial charge is 0.355 e. The predicted molar refractivity (Wildman–Crippen MR) is 137 cm³/mol. The maximum absolute atomic E-state index is 12.6. The lowest BCUT2D eigenvalue weighted by Gasteiger charge is -2.18. The number of amides is 1. The Balaban J connectivity index is 1.42. The Morgan fingerprint density at radius 1 is 0.879 bits per heavy atom. The van der Waals surface area contributed by atoms with Gasteiger partial charge in [-0.25, -0.2) is 4.98 Å². The van der Waals surface area contributed by atoms with Crippen LogP contribution in [0.4, 0.5) is 11.4 Å². The molecule has 5 nitrogen and oxygen atoms in total. The van der Waals surface area contributed by atoms with Crippen LogP contribution in [0.3, 0.4) is 0 Å². The molecule has 0 spiro atoms. The molecule has 164 valence electrons. The lowest BCUT2D eigenvalue weighted by Crippen LogP contribution is -2.30. The van der Waals surface area contributed by atoms with Gasteiger partial charge in [-0.05, 0) is 67.4 Å². The molecule has 2 aromatic heterocycles. The van der Waals surface area contributed by atoms with Gasteiger partial charge in [0, 0.05) is 41.6 Å². The van der Waals surface area contributed by atoms with E-state index in [2.05, 4.69) is 51.7 Å². The first-order valence-electron chi connectivity index (χ1n) is 11.0. The highest BCUT2D eigenvalue weighted by atomic mass is 32.1.